The average molecular weight is 493 g/mol. The lowest BCUT2D eigenvalue weighted by Crippen LogP contribution is -2.53. The Hall–Kier alpha value is -4.21. The number of carbonyl (C=O) groups is 3. The number of nitrogens with zero attached hydrogens (tertiary/aromatic N) is 2. The van der Waals surface area contributed by atoms with Crippen LogP contribution in [0.4, 0.5) is 0 Å². The molecule has 1 aliphatic heterocycles. The molecule has 2 atom stereocenters. The molecule has 0 saturated carbocycles. The Morgan fingerprint density at radius 3 is 2.33 bits per heavy atom. The Kier molecular flexibility index (Phi) is 7.33. The van der Waals surface area contributed by atoms with Gasteiger partial charge in [-0.25, -0.2) is 9.36 Å². The minimum atomic E-state index is -1.19. The molecule has 2 unspecified atom stereocenters. The first-order valence-electron chi connectivity index (χ1n) is 11.9. The monoisotopic (exact) mass is 492 g/mol. The molecule has 10 nitrogen and oxygen atoms in total. The van der Waals surface area contributed by atoms with Crippen molar-refractivity contribution < 1.29 is 19.5 Å². The maximum absolute atomic E-state index is 13.5. The lowest BCUT2D eigenvalue weighted by Gasteiger charge is -2.32. The molecule has 3 aromatic rings. The Morgan fingerprint density at radius 1 is 1.03 bits per heavy atom. The quantitative estimate of drug-likeness (QED) is 0.454. The van der Waals surface area contributed by atoms with Crippen LogP contribution >= 0.6 is 0 Å². The molecule has 0 bridgehead atoms. The molecule has 2 aromatic carbocycles. The molecule has 2 amide bonds. The van der Waals surface area contributed by atoms with Crippen molar-refractivity contribution in [2.24, 2.45) is 5.92 Å². The minimum Gasteiger partial charge on any atom is -0.481 e. The molecule has 0 radical (unpaired) electrons. The van der Waals surface area contributed by atoms with Crippen LogP contribution < -0.4 is 16.6 Å². The van der Waals surface area contributed by atoms with Gasteiger partial charge in [0.25, 0.3) is 5.56 Å². The SMILES string of the molecule is CC(NC(=O)C(Cc1ccccc1)n1c(=O)[nH]c2ccccc2c1=O)C(=O)N1CCC(C(=O)O)CC1. The number of hydrogen-bond donors (Lipinski definition) is 3. The van der Waals surface area contributed by atoms with Gasteiger partial charge in [-0.2, -0.15) is 0 Å². The lowest BCUT2D eigenvalue weighted by atomic mass is 9.96. The Morgan fingerprint density at radius 2 is 1.67 bits per heavy atom. The van der Waals surface area contributed by atoms with Crippen LogP contribution in [0.15, 0.2) is 64.2 Å². The summed E-state index contributed by atoms with van der Waals surface area (Å²) in [5.41, 5.74) is -0.201. The van der Waals surface area contributed by atoms with E-state index >= 15 is 0 Å². The molecule has 1 saturated heterocycles. The smallest absolute Gasteiger partial charge is 0.329 e. The van der Waals surface area contributed by atoms with Crippen molar-refractivity contribution in [2.75, 3.05) is 13.1 Å². The van der Waals surface area contributed by atoms with Gasteiger partial charge >= 0.3 is 11.7 Å². The van der Waals surface area contributed by atoms with E-state index in [2.05, 4.69) is 10.3 Å². The number of aromatic nitrogens is 2. The number of aromatic amines is 1. The number of H-pyrrole nitrogens is 1. The van der Waals surface area contributed by atoms with Gasteiger partial charge in [0.05, 0.1) is 16.8 Å². The topological polar surface area (TPSA) is 142 Å². The van der Waals surface area contributed by atoms with E-state index in [1.54, 1.807) is 48.5 Å². The molecular weight excluding hydrogens is 464 g/mol. The van der Waals surface area contributed by atoms with Gasteiger partial charge in [0.1, 0.15) is 12.1 Å². The van der Waals surface area contributed by atoms with Crippen molar-refractivity contribution in [2.45, 2.75) is 38.3 Å². The third kappa shape index (κ3) is 5.22. The van der Waals surface area contributed by atoms with E-state index in [-0.39, 0.29) is 30.8 Å². The zero-order valence-electron chi connectivity index (χ0n) is 19.8. The number of piperidine rings is 1. The minimum absolute atomic E-state index is 0.0684. The summed E-state index contributed by atoms with van der Waals surface area (Å²) in [7, 11) is 0. The van der Waals surface area contributed by atoms with Gasteiger partial charge in [-0.15, -0.1) is 0 Å². The summed E-state index contributed by atoms with van der Waals surface area (Å²) in [6, 6.07) is 13.4. The highest BCUT2D eigenvalue weighted by Gasteiger charge is 2.32. The highest BCUT2D eigenvalue weighted by molar-refractivity contribution is 5.89. The maximum atomic E-state index is 13.5. The first kappa shape index (κ1) is 24.9. The average Bonchev–Trinajstić information content (AvgIpc) is 2.88. The van der Waals surface area contributed by atoms with Crippen LogP contribution in [0.1, 0.15) is 31.4 Å². The van der Waals surface area contributed by atoms with E-state index in [1.807, 2.05) is 6.07 Å². The van der Waals surface area contributed by atoms with Gasteiger partial charge in [-0.05, 0) is 37.5 Å². The number of amides is 2. The van der Waals surface area contributed by atoms with Crippen molar-refractivity contribution in [3.8, 4) is 0 Å². The van der Waals surface area contributed by atoms with E-state index in [0.29, 0.717) is 18.4 Å². The van der Waals surface area contributed by atoms with Crippen LogP contribution in [0.2, 0.25) is 0 Å². The van der Waals surface area contributed by atoms with E-state index < -0.39 is 41.1 Å². The molecule has 36 heavy (non-hydrogen) atoms. The molecular formula is C26H28N4O6. The van der Waals surface area contributed by atoms with Crippen molar-refractivity contribution in [3.05, 3.63) is 81.0 Å². The van der Waals surface area contributed by atoms with E-state index in [1.165, 1.54) is 11.8 Å². The highest BCUT2D eigenvalue weighted by atomic mass is 16.4. The summed E-state index contributed by atoms with van der Waals surface area (Å²) in [6.45, 7) is 2.11. The van der Waals surface area contributed by atoms with Gasteiger partial charge in [-0.1, -0.05) is 42.5 Å². The summed E-state index contributed by atoms with van der Waals surface area (Å²) < 4.78 is 0.903. The number of benzene rings is 2. The Bertz CT molecular complexity index is 1390. The van der Waals surface area contributed by atoms with E-state index in [9.17, 15) is 29.1 Å². The predicted molar refractivity (Wildman–Crippen MR) is 133 cm³/mol. The fourth-order valence-corrected chi connectivity index (χ4v) is 4.59. The molecule has 10 heteroatoms. The number of nitrogens with one attached hydrogen (secondary N) is 2. The summed E-state index contributed by atoms with van der Waals surface area (Å²) in [5, 5.41) is 12.1. The lowest BCUT2D eigenvalue weighted by molar-refractivity contribution is -0.146. The molecule has 0 aliphatic carbocycles. The molecule has 1 aliphatic rings. The van der Waals surface area contributed by atoms with Gasteiger partial charge in [0.15, 0.2) is 0 Å². The molecule has 0 spiro atoms. The van der Waals surface area contributed by atoms with Gasteiger partial charge < -0.3 is 20.3 Å². The Balaban J connectivity index is 1.60. The molecule has 188 valence electrons. The standard InChI is InChI=1S/C26H28N4O6/c1-16(23(32)29-13-11-18(12-14-29)25(34)35)27-22(31)21(15-17-7-3-2-4-8-17)30-24(33)19-9-5-6-10-20(19)28-26(30)36/h2-10,16,18,21H,11-15H2,1H3,(H,27,31)(H,28,36)(H,34,35). The molecule has 2 heterocycles. The van der Waals surface area contributed by atoms with Crippen molar-refractivity contribution in [1.82, 2.24) is 19.8 Å². The number of carboxylic acid groups (broad SMARTS) is 1. The van der Waals surface area contributed by atoms with Crippen LogP contribution in [0.5, 0.6) is 0 Å². The number of rotatable bonds is 7. The number of hydrogen-bond acceptors (Lipinski definition) is 5. The summed E-state index contributed by atoms with van der Waals surface area (Å²) >= 11 is 0. The normalized spacial score (nSPS) is 15.9. The zero-order chi connectivity index (χ0) is 25.8. The van der Waals surface area contributed by atoms with Crippen LogP contribution in [0, 0.1) is 5.92 Å². The molecule has 4 rings (SSSR count). The zero-order valence-corrected chi connectivity index (χ0v) is 19.8. The second-order valence-corrected chi connectivity index (χ2v) is 9.02. The number of likely N-dealkylation sites (tertiary alicyclic amines) is 1. The van der Waals surface area contributed by atoms with Crippen molar-refractivity contribution in [3.63, 3.8) is 0 Å². The van der Waals surface area contributed by atoms with Crippen LogP contribution in [0.25, 0.3) is 10.9 Å². The number of carbonyl (C=O) groups excluding carboxylic acids is 2. The molecule has 1 aromatic heterocycles. The van der Waals surface area contributed by atoms with Crippen LogP contribution in [0.3, 0.4) is 0 Å². The Labute approximate surface area is 206 Å². The number of para-hydroxylation sites is 1. The predicted octanol–water partition coefficient (Wildman–Crippen LogP) is 1.30. The molecule has 3 N–H and O–H groups in total. The number of fused-ring (bicyclic) bond motifs is 1. The summed E-state index contributed by atoms with van der Waals surface area (Å²) in [6.07, 6.45) is 0.763. The van der Waals surface area contributed by atoms with Crippen molar-refractivity contribution in [1.29, 1.82) is 0 Å². The van der Waals surface area contributed by atoms with Crippen molar-refractivity contribution >= 4 is 28.7 Å². The van der Waals surface area contributed by atoms with Crippen LogP contribution in [-0.4, -0.2) is 56.5 Å². The fraction of sp³-hybridized carbons (Fsp3) is 0.346. The number of aliphatic carboxylic acids is 1. The van der Waals surface area contributed by atoms with E-state index in [0.717, 1.165) is 10.1 Å². The summed E-state index contributed by atoms with van der Waals surface area (Å²) in [4.78, 5) is 68.0. The van der Waals surface area contributed by atoms with Gasteiger partial charge in [0.2, 0.25) is 11.8 Å². The van der Waals surface area contributed by atoms with Gasteiger partial charge in [0, 0.05) is 19.5 Å². The van der Waals surface area contributed by atoms with E-state index in [4.69, 9.17) is 0 Å². The number of carboxylic acids is 1. The molecule has 1 fully saturated rings. The van der Waals surface area contributed by atoms with Crippen LogP contribution in [-0.2, 0) is 20.8 Å². The highest BCUT2D eigenvalue weighted by Crippen LogP contribution is 2.19. The first-order chi connectivity index (χ1) is 17.3. The fourth-order valence-electron chi connectivity index (χ4n) is 4.59. The third-order valence-corrected chi connectivity index (χ3v) is 6.61. The third-order valence-electron chi connectivity index (χ3n) is 6.61. The first-order valence-corrected chi connectivity index (χ1v) is 11.9. The van der Waals surface area contributed by atoms with Gasteiger partial charge in [-0.3, -0.25) is 19.2 Å². The second-order valence-electron chi connectivity index (χ2n) is 9.02. The maximum Gasteiger partial charge on any atom is 0.329 e. The summed E-state index contributed by atoms with van der Waals surface area (Å²) in [5.74, 6) is -2.34. The largest absolute Gasteiger partial charge is 0.481 e. The second kappa shape index (κ2) is 10.6.